The van der Waals surface area contributed by atoms with Gasteiger partial charge in [0.25, 0.3) is 5.91 Å². The van der Waals surface area contributed by atoms with Crippen molar-refractivity contribution in [1.82, 2.24) is 21.3 Å². The Morgan fingerprint density at radius 1 is 1.13 bits per heavy atom. The van der Waals surface area contributed by atoms with Gasteiger partial charge < -0.3 is 31.7 Å². The first-order valence-corrected chi connectivity index (χ1v) is 10.1. The van der Waals surface area contributed by atoms with Crippen molar-refractivity contribution in [2.45, 2.75) is 42.4 Å². The highest BCUT2D eigenvalue weighted by atomic mass is 35.5. The summed E-state index contributed by atoms with van der Waals surface area (Å²) in [7, 11) is 0. The number of hydrogen-bond acceptors (Lipinski definition) is 6. The van der Waals surface area contributed by atoms with Crippen molar-refractivity contribution < 1.29 is 23.5 Å². The van der Waals surface area contributed by atoms with E-state index in [-0.39, 0.29) is 40.3 Å². The molecule has 4 aliphatic rings. The minimum Gasteiger partial charge on any atom is -0.484 e. The number of benzene rings is 1. The lowest BCUT2D eigenvalue weighted by Gasteiger charge is -2.70. The fourth-order valence-electron chi connectivity index (χ4n) is 4.64. The molecule has 1 aromatic rings. The lowest BCUT2D eigenvalue weighted by molar-refractivity contribution is -0.152. The highest BCUT2D eigenvalue weighted by Crippen LogP contribution is 2.60. The van der Waals surface area contributed by atoms with E-state index in [0.29, 0.717) is 32.4 Å². The SMILES string of the molecule is NC(=O)C1NCCNC1C(=O)NC12CC(NC(=O)COc3ccc(Cl)c(F)c3)(C1)C2. The average molecular weight is 440 g/mol. The number of nitrogens with one attached hydrogen (secondary N) is 4. The summed E-state index contributed by atoms with van der Waals surface area (Å²) in [5.41, 5.74) is 4.64. The van der Waals surface area contributed by atoms with Crippen LogP contribution in [0.2, 0.25) is 5.02 Å². The maximum Gasteiger partial charge on any atom is 0.258 e. The summed E-state index contributed by atoms with van der Waals surface area (Å²) in [6.07, 6.45) is 1.82. The molecule has 11 heteroatoms. The van der Waals surface area contributed by atoms with E-state index >= 15 is 0 Å². The maximum absolute atomic E-state index is 13.4. The molecule has 2 bridgehead atoms. The van der Waals surface area contributed by atoms with Gasteiger partial charge in [0.05, 0.1) is 5.02 Å². The van der Waals surface area contributed by atoms with E-state index in [2.05, 4.69) is 21.3 Å². The van der Waals surface area contributed by atoms with Crippen molar-refractivity contribution in [3.8, 4) is 5.75 Å². The standard InChI is InChI=1S/C19H23ClFN5O4/c20-11-2-1-10(5-12(11)21)30-6-13(27)25-18-7-19(8-18,9-18)26-17(29)15-14(16(22)28)23-3-4-24-15/h1-2,5,14-15,23-24H,3-4,6-9H2,(H2,22,28)(H,25,27)(H,26,29). The Bertz CT molecular complexity index is 878. The van der Waals surface area contributed by atoms with Gasteiger partial charge in [-0.25, -0.2) is 4.39 Å². The number of piperazine rings is 1. The average Bonchev–Trinajstić information content (AvgIpc) is 2.66. The summed E-state index contributed by atoms with van der Waals surface area (Å²) in [6, 6.07) is 2.49. The molecule has 5 rings (SSSR count). The molecule has 6 N–H and O–H groups in total. The predicted molar refractivity (Wildman–Crippen MR) is 105 cm³/mol. The fraction of sp³-hybridized carbons (Fsp3) is 0.526. The zero-order valence-corrected chi connectivity index (χ0v) is 16.9. The number of hydrogen-bond donors (Lipinski definition) is 5. The molecule has 0 spiro atoms. The zero-order valence-electron chi connectivity index (χ0n) is 16.1. The van der Waals surface area contributed by atoms with Crippen LogP contribution in [0, 0.1) is 5.82 Å². The summed E-state index contributed by atoms with van der Waals surface area (Å²) in [6.45, 7) is 0.870. The number of halogens is 2. The maximum atomic E-state index is 13.4. The smallest absolute Gasteiger partial charge is 0.258 e. The van der Waals surface area contributed by atoms with Gasteiger partial charge in [0.2, 0.25) is 11.8 Å². The second-order valence-corrected chi connectivity index (χ2v) is 8.67. The van der Waals surface area contributed by atoms with Crippen molar-refractivity contribution in [1.29, 1.82) is 0 Å². The molecule has 1 aromatic carbocycles. The van der Waals surface area contributed by atoms with E-state index < -0.39 is 23.8 Å². The van der Waals surface area contributed by atoms with Crippen molar-refractivity contribution in [3.63, 3.8) is 0 Å². The van der Waals surface area contributed by atoms with Gasteiger partial charge in [-0.2, -0.15) is 0 Å². The van der Waals surface area contributed by atoms with E-state index in [9.17, 15) is 18.8 Å². The molecule has 3 amide bonds. The molecule has 1 aliphatic heterocycles. The third-order valence-corrected chi connectivity index (χ3v) is 6.17. The van der Waals surface area contributed by atoms with Crippen molar-refractivity contribution >= 4 is 29.3 Å². The van der Waals surface area contributed by atoms with Gasteiger partial charge in [0.1, 0.15) is 23.7 Å². The van der Waals surface area contributed by atoms with Crippen molar-refractivity contribution in [2.24, 2.45) is 5.73 Å². The van der Waals surface area contributed by atoms with Gasteiger partial charge >= 0.3 is 0 Å². The van der Waals surface area contributed by atoms with Crippen LogP contribution >= 0.6 is 11.6 Å². The van der Waals surface area contributed by atoms with Gasteiger partial charge in [-0.1, -0.05) is 11.6 Å². The van der Waals surface area contributed by atoms with Gasteiger partial charge in [-0.05, 0) is 31.4 Å². The molecule has 0 radical (unpaired) electrons. The lowest BCUT2D eigenvalue weighted by Crippen LogP contribution is -2.85. The first-order valence-electron chi connectivity index (χ1n) is 9.68. The number of rotatable bonds is 7. The molecule has 2 unspecified atom stereocenters. The first kappa shape index (κ1) is 20.8. The Morgan fingerprint density at radius 3 is 2.40 bits per heavy atom. The molecule has 1 saturated heterocycles. The van der Waals surface area contributed by atoms with Gasteiger partial charge in [-0.15, -0.1) is 0 Å². The lowest BCUT2D eigenvalue weighted by atomic mass is 9.44. The quantitative estimate of drug-likeness (QED) is 0.377. The van der Waals surface area contributed by atoms with E-state index in [1.165, 1.54) is 12.1 Å². The van der Waals surface area contributed by atoms with E-state index in [1.54, 1.807) is 0 Å². The Labute approximate surface area is 177 Å². The highest BCUT2D eigenvalue weighted by Gasteiger charge is 2.69. The van der Waals surface area contributed by atoms with Crippen LogP contribution in [-0.2, 0) is 14.4 Å². The van der Waals surface area contributed by atoms with Crippen molar-refractivity contribution in [2.75, 3.05) is 19.7 Å². The third-order valence-electron chi connectivity index (χ3n) is 5.86. The number of carbonyl (C=O) groups is 3. The topological polar surface area (TPSA) is 135 Å². The molecule has 0 aromatic heterocycles. The predicted octanol–water partition coefficient (Wildman–Crippen LogP) is -0.819. The molecular weight excluding hydrogens is 417 g/mol. The summed E-state index contributed by atoms with van der Waals surface area (Å²) in [5.74, 6) is -1.58. The number of carbonyl (C=O) groups excluding carboxylic acids is 3. The number of nitrogens with two attached hydrogens (primary N) is 1. The Hall–Kier alpha value is -2.43. The molecule has 162 valence electrons. The Kier molecular flexibility index (Phi) is 5.33. The zero-order chi connectivity index (χ0) is 21.5. The molecule has 1 heterocycles. The molecule has 30 heavy (non-hydrogen) atoms. The van der Waals surface area contributed by atoms with Crippen LogP contribution in [0.15, 0.2) is 18.2 Å². The normalized spacial score (nSPS) is 31.7. The largest absolute Gasteiger partial charge is 0.484 e. The van der Waals surface area contributed by atoms with Gasteiger partial charge in [0.15, 0.2) is 6.61 Å². The fourth-order valence-corrected chi connectivity index (χ4v) is 4.76. The second-order valence-electron chi connectivity index (χ2n) is 8.26. The van der Waals surface area contributed by atoms with E-state index in [4.69, 9.17) is 22.1 Å². The van der Waals surface area contributed by atoms with E-state index in [0.717, 1.165) is 6.07 Å². The molecular formula is C19H23ClFN5O4. The van der Waals surface area contributed by atoms with Crippen LogP contribution in [0.5, 0.6) is 5.75 Å². The minimum atomic E-state index is -0.755. The number of ether oxygens (including phenoxy) is 1. The van der Waals surface area contributed by atoms with Crippen molar-refractivity contribution in [3.05, 3.63) is 29.0 Å². The highest BCUT2D eigenvalue weighted by molar-refractivity contribution is 6.30. The Morgan fingerprint density at radius 2 is 1.77 bits per heavy atom. The minimum absolute atomic E-state index is 0.0191. The monoisotopic (exact) mass is 439 g/mol. The van der Waals surface area contributed by atoms with Crippen LogP contribution in [0.1, 0.15) is 19.3 Å². The van der Waals surface area contributed by atoms with Crippen LogP contribution < -0.4 is 31.7 Å². The van der Waals surface area contributed by atoms with E-state index in [1.807, 2.05) is 0 Å². The number of primary amides is 1. The van der Waals surface area contributed by atoms with Crippen LogP contribution in [0.25, 0.3) is 0 Å². The summed E-state index contributed by atoms with van der Waals surface area (Å²) < 4.78 is 18.7. The third kappa shape index (κ3) is 3.94. The first-order chi connectivity index (χ1) is 14.2. The number of amides is 3. The molecule has 2 atom stereocenters. The summed E-state index contributed by atoms with van der Waals surface area (Å²) in [5, 5.41) is 11.9. The molecule has 4 fully saturated rings. The van der Waals surface area contributed by atoms with Crippen LogP contribution in [0.4, 0.5) is 4.39 Å². The van der Waals surface area contributed by atoms with Crippen LogP contribution in [-0.4, -0.2) is 60.6 Å². The van der Waals surface area contributed by atoms with Gasteiger partial charge in [-0.3, -0.25) is 14.4 Å². The Balaban J connectivity index is 1.23. The summed E-state index contributed by atoms with van der Waals surface area (Å²) in [4.78, 5) is 36.3. The second kappa shape index (κ2) is 7.68. The molecule has 9 nitrogen and oxygen atoms in total. The van der Waals surface area contributed by atoms with Crippen LogP contribution in [0.3, 0.4) is 0 Å². The summed E-state index contributed by atoms with van der Waals surface area (Å²) >= 11 is 5.61. The molecule has 3 saturated carbocycles. The van der Waals surface area contributed by atoms with Gasteiger partial charge in [0, 0.05) is 30.2 Å². The molecule has 3 aliphatic carbocycles.